The number of ether oxygens (including phenoxy) is 1. The van der Waals surface area contributed by atoms with Crippen molar-refractivity contribution >= 4 is 35.0 Å². The van der Waals surface area contributed by atoms with Gasteiger partial charge in [0.1, 0.15) is 17.3 Å². The second kappa shape index (κ2) is 9.23. The fraction of sp³-hybridized carbons (Fsp3) is 0.125. The summed E-state index contributed by atoms with van der Waals surface area (Å²) in [4.78, 5) is 38.3. The number of carbonyl (C=O) groups excluding carboxylic acids is 3. The Morgan fingerprint density at radius 1 is 1.12 bits per heavy atom. The number of rotatable bonds is 6. The average molecular weight is 451 g/mol. The summed E-state index contributed by atoms with van der Waals surface area (Å²) in [5.74, 6) is -0.339. The van der Waals surface area contributed by atoms with E-state index in [1.54, 1.807) is 43.3 Å². The van der Waals surface area contributed by atoms with Crippen LogP contribution >= 0.6 is 11.8 Å². The van der Waals surface area contributed by atoms with Gasteiger partial charge in [-0.25, -0.2) is 9.18 Å². The molecule has 1 aliphatic rings. The number of esters is 1. The quantitative estimate of drug-likeness (QED) is 0.364. The zero-order valence-corrected chi connectivity index (χ0v) is 17.9. The minimum atomic E-state index is -0.438. The summed E-state index contributed by atoms with van der Waals surface area (Å²) in [6, 6.07) is 15.9. The molecule has 162 valence electrons. The van der Waals surface area contributed by atoms with Gasteiger partial charge < -0.3 is 9.15 Å². The first-order valence-electron chi connectivity index (χ1n) is 9.82. The Morgan fingerprint density at radius 3 is 2.66 bits per heavy atom. The third kappa shape index (κ3) is 4.65. The van der Waals surface area contributed by atoms with Gasteiger partial charge in [0.25, 0.3) is 11.1 Å². The summed E-state index contributed by atoms with van der Waals surface area (Å²) in [6.07, 6.45) is 1.51. The van der Waals surface area contributed by atoms with Crippen LogP contribution in [0, 0.1) is 5.82 Å². The fourth-order valence-electron chi connectivity index (χ4n) is 3.14. The predicted octanol–water partition coefficient (Wildman–Crippen LogP) is 5.50. The number of amides is 2. The van der Waals surface area contributed by atoms with E-state index < -0.39 is 17.1 Å². The Bertz CT molecular complexity index is 1220. The summed E-state index contributed by atoms with van der Waals surface area (Å²) in [7, 11) is 0. The highest BCUT2D eigenvalue weighted by molar-refractivity contribution is 8.18. The van der Waals surface area contributed by atoms with E-state index in [1.165, 1.54) is 30.3 Å². The number of carbonyl (C=O) groups is 3. The number of halogens is 1. The van der Waals surface area contributed by atoms with Crippen LogP contribution in [-0.4, -0.2) is 28.6 Å². The van der Waals surface area contributed by atoms with E-state index >= 15 is 0 Å². The Morgan fingerprint density at radius 2 is 1.91 bits per heavy atom. The molecule has 0 spiro atoms. The van der Waals surface area contributed by atoms with Crippen LogP contribution in [0.3, 0.4) is 0 Å². The molecule has 1 aromatic heterocycles. The molecule has 3 aromatic rings. The first-order chi connectivity index (χ1) is 15.4. The number of thioether (sulfide) groups is 1. The molecular weight excluding hydrogens is 433 g/mol. The number of hydrogen-bond donors (Lipinski definition) is 0. The molecule has 4 rings (SSSR count). The summed E-state index contributed by atoms with van der Waals surface area (Å²) in [6.45, 7) is 2.08. The second-order valence-electron chi connectivity index (χ2n) is 6.90. The molecule has 0 atom stereocenters. The third-order valence-corrected chi connectivity index (χ3v) is 5.59. The van der Waals surface area contributed by atoms with Gasteiger partial charge in [-0.15, -0.1) is 0 Å². The van der Waals surface area contributed by atoms with E-state index in [0.717, 1.165) is 16.7 Å². The number of benzene rings is 2. The van der Waals surface area contributed by atoms with Crippen LogP contribution < -0.4 is 0 Å². The average Bonchev–Trinajstić information content (AvgIpc) is 3.36. The minimum Gasteiger partial charge on any atom is -0.462 e. The van der Waals surface area contributed by atoms with Crippen molar-refractivity contribution in [3.8, 4) is 11.3 Å². The van der Waals surface area contributed by atoms with Crippen LogP contribution in [0.4, 0.5) is 9.18 Å². The van der Waals surface area contributed by atoms with Crippen molar-refractivity contribution in [2.45, 2.75) is 13.5 Å². The zero-order chi connectivity index (χ0) is 22.7. The lowest BCUT2D eigenvalue weighted by molar-refractivity contribution is -0.123. The maximum Gasteiger partial charge on any atom is 0.338 e. The van der Waals surface area contributed by atoms with Gasteiger partial charge in [-0.05, 0) is 60.6 Å². The molecule has 1 saturated heterocycles. The fourth-order valence-corrected chi connectivity index (χ4v) is 3.96. The molecule has 0 radical (unpaired) electrons. The lowest BCUT2D eigenvalue weighted by Gasteiger charge is -2.12. The molecule has 0 N–H and O–H groups in total. The Labute approximate surface area is 187 Å². The van der Waals surface area contributed by atoms with Crippen LogP contribution in [0.1, 0.15) is 28.6 Å². The highest BCUT2D eigenvalue weighted by atomic mass is 32.2. The van der Waals surface area contributed by atoms with Gasteiger partial charge in [0.15, 0.2) is 0 Å². The van der Waals surface area contributed by atoms with Crippen LogP contribution in [0.25, 0.3) is 17.4 Å². The Balaban J connectivity index is 1.51. The van der Waals surface area contributed by atoms with Crippen molar-refractivity contribution in [2.24, 2.45) is 0 Å². The molecular formula is C24H18FNO5S. The van der Waals surface area contributed by atoms with Crippen molar-refractivity contribution in [3.63, 3.8) is 0 Å². The summed E-state index contributed by atoms with van der Waals surface area (Å²) in [5.41, 5.74) is 1.74. The van der Waals surface area contributed by atoms with E-state index in [0.29, 0.717) is 28.2 Å². The normalized spacial score (nSPS) is 14.9. The number of furan rings is 1. The largest absolute Gasteiger partial charge is 0.462 e. The van der Waals surface area contributed by atoms with Crippen molar-refractivity contribution in [1.82, 2.24) is 4.90 Å². The van der Waals surface area contributed by atoms with Crippen LogP contribution in [0.15, 0.2) is 70.0 Å². The van der Waals surface area contributed by atoms with E-state index in [4.69, 9.17) is 9.15 Å². The smallest absolute Gasteiger partial charge is 0.338 e. The molecule has 0 bridgehead atoms. The number of nitrogens with zero attached hydrogens (tertiary/aromatic N) is 1. The highest BCUT2D eigenvalue weighted by Gasteiger charge is 2.35. The van der Waals surface area contributed by atoms with Crippen LogP contribution in [0.2, 0.25) is 0 Å². The van der Waals surface area contributed by atoms with Gasteiger partial charge in [-0.3, -0.25) is 14.5 Å². The van der Waals surface area contributed by atoms with Gasteiger partial charge in [0.2, 0.25) is 0 Å². The second-order valence-corrected chi connectivity index (χ2v) is 7.89. The third-order valence-electron chi connectivity index (χ3n) is 4.69. The molecule has 6 nitrogen and oxygen atoms in total. The van der Waals surface area contributed by atoms with E-state index in [9.17, 15) is 18.8 Å². The van der Waals surface area contributed by atoms with Crippen molar-refractivity contribution < 1.29 is 27.9 Å². The van der Waals surface area contributed by atoms with Gasteiger partial charge in [0.05, 0.1) is 23.6 Å². The zero-order valence-electron chi connectivity index (χ0n) is 17.0. The molecule has 1 fully saturated rings. The Kier molecular flexibility index (Phi) is 6.23. The molecule has 0 aliphatic carbocycles. The lowest BCUT2D eigenvalue weighted by atomic mass is 10.1. The van der Waals surface area contributed by atoms with Gasteiger partial charge in [-0.2, -0.15) is 0 Å². The lowest BCUT2D eigenvalue weighted by Crippen LogP contribution is -2.27. The summed E-state index contributed by atoms with van der Waals surface area (Å²) >= 11 is 0.819. The molecule has 32 heavy (non-hydrogen) atoms. The number of imide groups is 1. The van der Waals surface area contributed by atoms with Gasteiger partial charge >= 0.3 is 5.97 Å². The molecule has 2 aromatic carbocycles. The molecule has 0 saturated carbocycles. The predicted molar refractivity (Wildman–Crippen MR) is 118 cm³/mol. The van der Waals surface area contributed by atoms with Crippen LogP contribution in [0.5, 0.6) is 0 Å². The van der Waals surface area contributed by atoms with Crippen LogP contribution in [-0.2, 0) is 16.1 Å². The molecule has 8 heteroatoms. The highest BCUT2D eigenvalue weighted by Crippen LogP contribution is 2.34. The molecule has 2 heterocycles. The monoisotopic (exact) mass is 451 g/mol. The van der Waals surface area contributed by atoms with E-state index in [1.807, 2.05) is 0 Å². The molecule has 0 unspecified atom stereocenters. The van der Waals surface area contributed by atoms with E-state index in [2.05, 4.69) is 0 Å². The maximum absolute atomic E-state index is 13.1. The van der Waals surface area contributed by atoms with Crippen molar-refractivity contribution in [3.05, 3.63) is 88.3 Å². The van der Waals surface area contributed by atoms with Gasteiger partial charge in [-0.1, -0.05) is 24.3 Å². The topological polar surface area (TPSA) is 76.8 Å². The first kappa shape index (κ1) is 21.6. The summed E-state index contributed by atoms with van der Waals surface area (Å²) in [5, 5.41) is -0.403. The van der Waals surface area contributed by atoms with Gasteiger partial charge in [0, 0.05) is 11.6 Å². The van der Waals surface area contributed by atoms with E-state index in [-0.39, 0.29) is 23.9 Å². The number of hydrogen-bond acceptors (Lipinski definition) is 6. The first-order valence-corrected chi connectivity index (χ1v) is 10.6. The summed E-state index contributed by atoms with van der Waals surface area (Å²) < 4.78 is 23.9. The maximum atomic E-state index is 13.1. The minimum absolute atomic E-state index is 0.0618. The molecule has 2 amide bonds. The standard InChI is InChI=1S/C24H18FNO5S/c1-2-30-23(28)17-5-3-4-16(12-17)20-11-10-19(31-20)13-21-22(27)26(24(29)32-21)14-15-6-8-18(25)9-7-15/h3-13H,2,14H2,1H3/b21-13-. The molecule has 1 aliphatic heterocycles. The van der Waals surface area contributed by atoms with Crippen molar-refractivity contribution in [2.75, 3.05) is 6.61 Å². The van der Waals surface area contributed by atoms with Crippen molar-refractivity contribution in [1.29, 1.82) is 0 Å². The Hall–Kier alpha value is -3.65. The SMILES string of the molecule is CCOC(=O)c1cccc(-c2ccc(/C=C3\SC(=O)N(Cc4ccc(F)cc4)C3=O)o2)c1.